The molecule has 0 radical (unpaired) electrons. The summed E-state index contributed by atoms with van der Waals surface area (Å²) in [5.74, 6) is -1.62. The quantitative estimate of drug-likeness (QED) is 0.472. The minimum Gasteiger partial charge on any atom is -0.386 e. The molecule has 1 saturated carbocycles. The Balaban J connectivity index is 1.68. The number of ether oxygens (including phenoxy) is 1. The molecule has 1 aliphatic carbocycles. The topological polar surface area (TPSA) is 72.5 Å². The molecule has 0 amide bonds. The van der Waals surface area contributed by atoms with Crippen molar-refractivity contribution in [1.82, 2.24) is 5.32 Å². The van der Waals surface area contributed by atoms with E-state index < -0.39 is 23.8 Å². The van der Waals surface area contributed by atoms with Crippen LogP contribution in [0.4, 0.5) is 0 Å². The van der Waals surface area contributed by atoms with Crippen LogP contribution in [0.1, 0.15) is 57.8 Å². The van der Waals surface area contributed by atoms with E-state index in [4.69, 9.17) is 0 Å². The van der Waals surface area contributed by atoms with Crippen molar-refractivity contribution in [2.45, 2.75) is 63.8 Å². The maximum atomic E-state index is 11.7. The van der Waals surface area contributed by atoms with Crippen LogP contribution in [-0.4, -0.2) is 30.3 Å². The van der Waals surface area contributed by atoms with E-state index in [0.29, 0.717) is 12.3 Å². The number of nitrogens with one attached hydrogen (secondary N) is 1. The molecule has 1 saturated heterocycles. The highest BCUT2D eigenvalue weighted by Gasteiger charge is 2.28. The van der Waals surface area contributed by atoms with Crippen LogP contribution >= 0.6 is 0 Å². The lowest BCUT2D eigenvalue weighted by atomic mass is 9.86. The summed E-state index contributed by atoms with van der Waals surface area (Å²) in [6.45, 7) is 0.754. The van der Waals surface area contributed by atoms with Gasteiger partial charge in [-0.25, -0.2) is 9.59 Å². The highest BCUT2D eigenvalue weighted by atomic mass is 16.6. The van der Waals surface area contributed by atoms with Gasteiger partial charge in [-0.1, -0.05) is 32.1 Å². The molecule has 1 aliphatic heterocycles. The van der Waals surface area contributed by atoms with Gasteiger partial charge < -0.3 is 10.1 Å². The van der Waals surface area contributed by atoms with Crippen LogP contribution in [0.5, 0.6) is 0 Å². The SMILES string of the molecule is O=C(CCC1CCCCC1)C(=O)OC(=O)C1CCCN1. The molecule has 1 unspecified atom stereocenters. The van der Waals surface area contributed by atoms with Crippen molar-refractivity contribution in [1.29, 1.82) is 0 Å². The Morgan fingerprint density at radius 2 is 1.75 bits per heavy atom. The molecule has 2 rings (SSSR count). The average Bonchev–Trinajstić information content (AvgIpc) is 3.00. The highest BCUT2D eigenvalue weighted by molar-refractivity contribution is 6.35. The van der Waals surface area contributed by atoms with Crippen LogP contribution in [0, 0.1) is 5.92 Å². The molecule has 0 spiro atoms. The first-order valence-corrected chi connectivity index (χ1v) is 7.69. The summed E-state index contributed by atoms with van der Waals surface area (Å²) in [4.78, 5) is 34.9. The lowest BCUT2D eigenvalue weighted by Crippen LogP contribution is -2.35. The second-order valence-electron chi connectivity index (χ2n) is 5.82. The Morgan fingerprint density at radius 3 is 2.40 bits per heavy atom. The van der Waals surface area contributed by atoms with Gasteiger partial charge in [-0.05, 0) is 31.7 Å². The van der Waals surface area contributed by atoms with E-state index in [2.05, 4.69) is 10.1 Å². The number of Topliss-reactive ketones (excluding diaryl/α,β-unsaturated/α-hetero) is 1. The summed E-state index contributed by atoms with van der Waals surface area (Å²) in [6, 6.07) is -0.426. The number of hydrogen-bond donors (Lipinski definition) is 1. The molecule has 1 N–H and O–H groups in total. The van der Waals surface area contributed by atoms with Crippen molar-refractivity contribution < 1.29 is 19.1 Å². The van der Waals surface area contributed by atoms with Crippen molar-refractivity contribution in [3.8, 4) is 0 Å². The second-order valence-corrected chi connectivity index (χ2v) is 5.82. The molecule has 1 atom stereocenters. The van der Waals surface area contributed by atoms with Gasteiger partial charge in [0.1, 0.15) is 6.04 Å². The number of esters is 2. The van der Waals surface area contributed by atoms with Gasteiger partial charge in [0.15, 0.2) is 0 Å². The van der Waals surface area contributed by atoms with Gasteiger partial charge in [-0.15, -0.1) is 0 Å². The second kappa shape index (κ2) is 7.53. The fraction of sp³-hybridized carbons (Fsp3) is 0.800. The molecule has 1 heterocycles. The van der Waals surface area contributed by atoms with E-state index in [9.17, 15) is 14.4 Å². The number of rotatable bonds is 5. The largest absolute Gasteiger partial charge is 0.386 e. The molecular formula is C15H23NO4. The van der Waals surface area contributed by atoms with Gasteiger partial charge in [-0.3, -0.25) is 4.79 Å². The van der Waals surface area contributed by atoms with Gasteiger partial charge in [0, 0.05) is 6.42 Å². The molecule has 2 fully saturated rings. The summed E-state index contributed by atoms with van der Waals surface area (Å²) in [6.07, 6.45) is 8.50. The van der Waals surface area contributed by atoms with E-state index in [-0.39, 0.29) is 6.42 Å². The smallest absolute Gasteiger partial charge is 0.382 e. The maximum absolute atomic E-state index is 11.7. The normalized spacial score (nSPS) is 23.5. The van der Waals surface area contributed by atoms with E-state index >= 15 is 0 Å². The Labute approximate surface area is 119 Å². The van der Waals surface area contributed by atoms with Crippen molar-refractivity contribution >= 4 is 17.7 Å². The van der Waals surface area contributed by atoms with Crippen LogP contribution in [0.25, 0.3) is 0 Å². The average molecular weight is 281 g/mol. The van der Waals surface area contributed by atoms with Gasteiger partial charge >= 0.3 is 11.9 Å². The molecule has 0 aromatic rings. The maximum Gasteiger partial charge on any atom is 0.382 e. The van der Waals surface area contributed by atoms with E-state index in [1.54, 1.807) is 0 Å². The molecule has 5 heteroatoms. The van der Waals surface area contributed by atoms with Crippen LogP contribution in [-0.2, 0) is 19.1 Å². The number of ketones is 1. The molecule has 0 aromatic heterocycles. The molecule has 5 nitrogen and oxygen atoms in total. The third-order valence-electron chi connectivity index (χ3n) is 4.27. The monoisotopic (exact) mass is 281 g/mol. The standard InChI is InChI=1S/C15H23NO4/c17-13(9-8-11-5-2-1-3-6-11)15(19)20-14(18)12-7-4-10-16-12/h11-12,16H,1-10H2. The minimum atomic E-state index is -0.987. The Kier molecular flexibility index (Phi) is 5.71. The summed E-state index contributed by atoms with van der Waals surface area (Å²) in [5, 5.41) is 2.95. The molecule has 0 aromatic carbocycles. The summed E-state index contributed by atoms with van der Waals surface area (Å²) < 4.78 is 4.65. The van der Waals surface area contributed by atoms with Gasteiger partial charge in [0.25, 0.3) is 0 Å². The van der Waals surface area contributed by atoms with Gasteiger partial charge in [-0.2, -0.15) is 0 Å². The number of carbonyl (C=O) groups excluding carboxylic acids is 3. The molecule has 112 valence electrons. The Morgan fingerprint density at radius 1 is 1.00 bits per heavy atom. The van der Waals surface area contributed by atoms with E-state index in [1.807, 2.05) is 0 Å². The van der Waals surface area contributed by atoms with Crippen LogP contribution < -0.4 is 5.32 Å². The summed E-state index contributed by atoms with van der Waals surface area (Å²) >= 11 is 0. The highest BCUT2D eigenvalue weighted by Crippen LogP contribution is 2.27. The predicted molar refractivity (Wildman–Crippen MR) is 72.9 cm³/mol. The lowest BCUT2D eigenvalue weighted by Gasteiger charge is -2.20. The fourth-order valence-corrected chi connectivity index (χ4v) is 3.02. The van der Waals surface area contributed by atoms with Crippen LogP contribution in [0.3, 0.4) is 0 Å². The molecule has 2 aliphatic rings. The Bertz CT molecular complexity index is 368. The van der Waals surface area contributed by atoms with Gasteiger partial charge in [0.05, 0.1) is 0 Å². The summed E-state index contributed by atoms with van der Waals surface area (Å²) in [5.41, 5.74) is 0. The van der Waals surface area contributed by atoms with Gasteiger partial charge in [0.2, 0.25) is 5.78 Å². The first-order valence-electron chi connectivity index (χ1n) is 7.69. The third-order valence-corrected chi connectivity index (χ3v) is 4.27. The lowest BCUT2D eigenvalue weighted by molar-refractivity contribution is -0.165. The number of carbonyl (C=O) groups is 3. The zero-order valence-electron chi connectivity index (χ0n) is 11.9. The fourth-order valence-electron chi connectivity index (χ4n) is 3.02. The van der Waals surface area contributed by atoms with Crippen molar-refractivity contribution in [3.05, 3.63) is 0 Å². The van der Waals surface area contributed by atoms with Crippen LogP contribution in [0.15, 0.2) is 0 Å². The minimum absolute atomic E-state index is 0.203. The molecule has 20 heavy (non-hydrogen) atoms. The molecular weight excluding hydrogens is 258 g/mol. The number of hydrogen-bond acceptors (Lipinski definition) is 5. The molecule has 0 bridgehead atoms. The zero-order valence-corrected chi connectivity index (χ0v) is 11.9. The summed E-state index contributed by atoms with van der Waals surface area (Å²) in [7, 11) is 0. The first kappa shape index (κ1) is 15.2. The van der Waals surface area contributed by atoms with Crippen molar-refractivity contribution in [2.75, 3.05) is 6.54 Å². The Hall–Kier alpha value is -1.23. The van der Waals surface area contributed by atoms with E-state index in [0.717, 1.165) is 32.2 Å². The first-order chi connectivity index (χ1) is 9.66. The predicted octanol–water partition coefficient (Wildman–Crippen LogP) is 1.74. The van der Waals surface area contributed by atoms with Crippen LogP contribution in [0.2, 0.25) is 0 Å². The third kappa shape index (κ3) is 4.40. The van der Waals surface area contributed by atoms with E-state index in [1.165, 1.54) is 19.3 Å². The van der Waals surface area contributed by atoms with Crippen molar-refractivity contribution in [2.24, 2.45) is 5.92 Å². The zero-order chi connectivity index (χ0) is 14.4. The van der Waals surface area contributed by atoms with Crippen molar-refractivity contribution in [3.63, 3.8) is 0 Å².